The first-order chi connectivity index (χ1) is 14.1. The molecular weight excluding hydrogens is 386 g/mol. The highest BCUT2D eigenvalue weighted by atomic mass is 32.2. The molecule has 29 heavy (non-hydrogen) atoms. The number of hydrogen-bond acceptors (Lipinski definition) is 4. The van der Waals surface area contributed by atoms with E-state index in [1.54, 1.807) is 19.2 Å². The van der Waals surface area contributed by atoms with Crippen LogP contribution >= 0.6 is 0 Å². The van der Waals surface area contributed by atoms with Crippen molar-refractivity contribution in [1.82, 2.24) is 4.57 Å². The monoisotopic (exact) mass is 407 g/mol. The lowest BCUT2D eigenvalue weighted by Crippen LogP contribution is -2.08. The summed E-state index contributed by atoms with van der Waals surface area (Å²) in [6.07, 6.45) is 2.85. The summed E-state index contributed by atoms with van der Waals surface area (Å²) in [5, 5.41) is 0. The maximum atomic E-state index is 13.7. The first-order valence-corrected chi connectivity index (χ1v) is 10.6. The molecule has 5 nitrogen and oxygen atoms in total. The second-order valence-corrected chi connectivity index (χ2v) is 8.00. The molecule has 1 unspecified atom stereocenters. The van der Waals surface area contributed by atoms with Gasteiger partial charge in [0, 0.05) is 12.6 Å². The first-order valence-electron chi connectivity index (χ1n) is 9.42. The van der Waals surface area contributed by atoms with E-state index in [9.17, 15) is 9.00 Å². The smallest absolute Gasteiger partial charge is 0.311 e. The molecule has 0 fully saturated rings. The minimum atomic E-state index is -1.54. The third-order valence-electron chi connectivity index (χ3n) is 4.72. The maximum Gasteiger partial charge on any atom is 0.311 e. The Hall–Kier alpha value is -3.12. The predicted molar refractivity (Wildman–Crippen MR) is 113 cm³/mol. The Kier molecular flexibility index (Phi) is 5.36. The van der Waals surface area contributed by atoms with Crippen LogP contribution in [0.3, 0.4) is 0 Å². The van der Waals surface area contributed by atoms with Gasteiger partial charge >= 0.3 is 5.97 Å². The van der Waals surface area contributed by atoms with Gasteiger partial charge in [0.25, 0.3) is 0 Å². The van der Waals surface area contributed by atoms with Crippen molar-refractivity contribution < 1.29 is 18.5 Å². The summed E-state index contributed by atoms with van der Waals surface area (Å²) in [5.41, 5.74) is 2.21. The Labute approximate surface area is 172 Å². The number of methoxy groups -OCH3 is 1. The van der Waals surface area contributed by atoms with Crippen LogP contribution in [0.5, 0.6) is 5.75 Å². The van der Waals surface area contributed by atoms with Gasteiger partial charge in [-0.1, -0.05) is 19.1 Å². The fourth-order valence-corrected chi connectivity index (χ4v) is 4.79. The molecule has 4 rings (SSSR count). The number of esters is 1. The number of ether oxygens (including phenoxy) is 2. The fourth-order valence-electron chi connectivity index (χ4n) is 3.35. The second kappa shape index (κ2) is 8.09. The van der Waals surface area contributed by atoms with Crippen LogP contribution in [0.1, 0.15) is 31.0 Å². The van der Waals surface area contributed by atoms with E-state index in [2.05, 4.69) is 0 Å². The van der Waals surface area contributed by atoms with Gasteiger partial charge in [-0.25, -0.2) is 4.21 Å². The summed E-state index contributed by atoms with van der Waals surface area (Å²) in [7, 11) is 0.0522. The maximum absolute atomic E-state index is 13.7. The quantitative estimate of drug-likeness (QED) is 0.572. The molecule has 0 saturated heterocycles. The Bertz CT molecular complexity index is 1110. The normalized spacial score (nSPS) is 15.3. The average Bonchev–Trinajstić information content (AvgIpc) is 3.20. The number of fused-ring (bicyclic) bond motifs is 3. The predicted octanol–water partition coefficient (Wildman–Crippen LogP) is 4.78. The summed E-state index contributed by atoms with van der Waals surface area (Å²) >= 11 is 0. The number of rotatable bonds is 5. The van der Waals surface area contributed by atoms with E-state index in [4.69, 9.17) is 9.47 Å². The van der Waals surface area contributed by atoms with E-state index in [0.29, 0.717) is 45.4 Å². The lowest BCUT2D eigenvalue weighted by atomic mass is 10.1. The molecule has 6 heteroatoms. The number of carbonyl (C=O) groups excluding carboxylic acids is 1. The average molecular weight is 407 g/mol. The molecule has 0 amide bonds. The highest BCUT2D eigenvalue weighted by Crippen LogP contribution is 2.40. The topological polar surface area (TPSA) is 57.5 Å². The van der Waals surface area contributed by atoms with E-state index >= 15 is 0 Å². The number of para-hydroxylation sites is 1. The van der Waals surface area contributed by atoms with Crippen molar-refractivity contribution in [3.05, 3.63) is 78.1 Å². The van der Waals surface area contributed by atoms with E-state index in [0.717, 1.165) is 5.69 Å². The molecule has 2 heterocycles. The lowest BCUT2D eigenvalue weighted by molar-refractivity contribution is -0.136. The van der Waals surface area contributed by atoms with Gasteiger partial charge in [-0.3, -0.25) is 4.79 Å². The number of benzene rings is 2. The van der Waals surface area contributed by atoms with Crippen LogP contribution in [0.15, 0.2) is 71.8 Å². The molecule has 1 aromatic heterocycles. The molecule has 0 spiro atoms. The van der Waals surface area contributed by atoms with Crippen LogP contribution in [0.2, 0.25) is 0 Å². The summed E-state index contributed by atoms with van der Waals surface area (Å²) in [6.45, 7) is 1.92. The van der Waals surface area contributed by atoms with Gasteiger partial charge < -0.3 is 14.0 Å². The molecule has 1 aliphatic heterocycles. The molecule has 0 aliphatic carbocycles. The van der Waals surface area contributed by atoms with Crippen molar-refractivity contribution in [2.45, 2.75) is 24.7 Å². The third kappa shape index (κ3) is 3.51. The second-order valence-electron chi connectivity index (χ2n) is 6.61. The summed E-state index contributed by atoms with van der Waals surface area (Å²) in [4.78, 5) is 13.6. The van der Waals surface area contributed by atoms with Crippen LogP contribution < -0.4 is 4.74 Å². The largest absolute Gasteiger partial charge is 0.497 e. The minimum absolute atomic E-state index is 0.291. The SMILES string of the molecule is CCCC(=O)OC1=C(c2ccc(OC)cc2)S(=O)c2ccccc2-n2cccc21. The molecule has 2 aromatic carbocycles. The molecule has 0 saturated carbocycles. The first kappa shape index (κ1) is 19.2. The molecule has 0 bridgehead atoms. The van der Waals surface area contributed by atoms with Crippen LogP contribution in [-0.4, -0.2) is 21.9 Å². The highest BCUT2D eigenvalue weighted by Gasteiger charge is 2.30. The number of nitrogens with zero attached hydrogens (tertiary/aromatic N) is 1. The van der Waals surface area contributed by atoms with Gasteiger partial charge in [-0.2, -0.15) is 0 Å². The lowest BCUT2D eigenvalue weighted by Gasteiger charge is -2.14. The minimum Gasteiger partial charge on any atom is -0.497 e. The molecule has 3 aromatic rings. The zero-order valence-electron chi connectivity index (χ0n) is 16.3. The van der Waals surface area contributed by atoms with Crippen LogP contribution in [-0.2, 0) is 20.3 Å². The van der Waals surface area contributed by atoms with Crippen molar-refractivity contribution in [2.24, 2.45) is 0 Å². The molecule has 1 aliphatic rings. The van der Waals surface area contributed by atoms with Crippen molar-refractivity contribution >= 4 is 27.4 Å². The van der Waals surface area contributed by atoms with E-state index in [1.807, 2.05) is 66.2 Å². The number of carbonyl (C=O) groups is 1. The van der Waals surface area contributed by atoms with Crippen LogP contribution in [0.25, 0.3) is 16.4 Å². The fraction of sp³-hybridized carbons (Fsp3) is 0.174. The third-order valence-corrected chi connectivity index (χ3v) is 6.26. The van der Waals surface area contributed by atoms with Crippen molar-refractivity contribution in [2.75, 3.05) is 7.11 Å². The molecule has 148 valence electrons. The van der Waals surface area contributed by atoms with E-state index in [1.165, 1.54) is 0 Å². The van der Waals surface area contributed by atoms with Crippen molar-refractivity contribution in [1.29, 1.82) is 0 Å². The highest BCUT2D eigenvalue weighted by molar-refractivity contribution is 7.95. The summed E-state index contributed by atoms with van der Waals surface area (Å²) in [5.74, 6) is 0.680. The van der Waals surface area contributed by atoms with E-state index < -0.39 is 10.8 Å². The number of aromatic nitrogens is 1. The van der Waals surface area contributed by atoms with Crippen LogP contribution in [0, 0.1) is 0 Å². The Balaban J connectivity index is 1.98. The molecule has 0 N–H and O–H groups in total. The van der Waals surface area contributed by atoms with Gasteiger partial charge in [0.1, 0.15) is 5.75 Å². The van der Waals surface area contributed by atoms with Crippen LogP contribution in [0.4, 0.5) is 0 Å². The van der Waals surface area contributed by atoms with Crippen molar-refractivity contribution in [3.8, 4) is 11.4 Å². The zero-order valence-corrected chi connectivity index (χ0v) is 17.1. The number of hydrogen-bond donors (Lipinski definition) is 0. The van der Waals surface area contributed by atoms with Gasteiger partial charge in [0.05, 0.1) is 39.1 Å². The van der Waals surface area contributed by atoms with Gasteiger partial charge in [-0.05, 0) is 60.5 Å². The Morgan fingerprint density at radius 2 is 1.79 bits per heavy atom. The van der Waals surface area contributed by atoms with Crippen molar-refractivity contribution in [3.63, 3.8) is 0 Å². The molecular formula is C23H21NO4S. The standard InChI is InChI=1S/C23H21NO4S/c1-3-7-21(25)28-22-19-9-6-15-24(19)18-8-4-5-10-20(18)29(26)23(22)16-11-13-17(27-2)14-12-16/h4-6,8-15H,3,7H2,1-2H3. The molecule has 1 atom stereocenters. The summed E-state index contributed by atoms with van der Waals surface area (Å²) in [6, 6.07) is 18.6. The van der Waals surface area contributed by atoms with Gasteiger partial charge in [0.2, 0.25) is 0 Å². The van der Waals surface area contributed by atoms with Gasteiger partial charge in [-0.15, -0.1) is 0 Å². The van der Waals surface area contributed by atoms with Gasteiger partial charge in [0.15, 0.2) is 5.76 Å². The Morgan fingerprint density at radius 1 is 1.03 bits per heavy atom. The zero-order chi connectivity index (χ0) is 20.4. The summed E-state index contributed by atoms with van der Waals surface area (Å²) < 4.78 is 26.7. The Morgan fingerprint density at radius 3 is 2.52 bits per heavy atom. The van der Waals surface area contributed by atoms with E-state index in [-0.39, 0.29) is 5.97 Å². The molecule has 0 radical (unpaired) electrons.